The Balaban J connectivity index is 2.01. The summed E-state index contributed by atoms with van der Waals surface area (Å²) in [6, 6.07) is 5.73. The van der Waals surface area contributed by atoms with Gasteiger partial charge in [-0.05, 0) is 55.7 Å². The molecule has 2 unspecified atom stereocenters. The lowest BCUT2D eigenvalue weighted by atomic mass is 9.82. The second kappa shape index (κ2) is 6.23. The Hall–Kier alpha value is -0.600. The van der Waals surface area contributed by atoms with Gasteiger partial charge < -0.3 is 5.32 Å². The minimum Gasteiger partial charge on any atom is -0.314 e. The van der Waals surface area contributed by atoms with Gasteiger partial charge in [0.1, 0.15) is 5.82 Å². The van der Waals surface area contributed by atoms with Crippen LogP contribution in [0.2, 0.25) is 5.02 Å². The molecule has 1 aliphatic rings. The highest BCUT2D eigenvalue weighted by molar-refractivity contribution is 6.31. The van der Waals surface area contributed by atoms with Crippen molar-refractivity contribution in [3.05, 3.63) is 34.6 Å². The third kappa shape index (κ3) is 3.70. The number of halogens is 2. The van der Waals surface area contributed by atoms with E-state index in [1.165, 1.54) is 25.3 Å². The summed E-state index contributed by atoms with van der Waals surface area (Å²) in [6.07, 6.45) is 5.58. The molecule has 1 aromatic carbocycles. The molecule has 0 amide bonds. The number of nitrogens with one attached hydrogen (secondary N) is 1. The third-order valence-corrected chi connectivity index (χ3v) is 4.59. The van der Waals surface area contributed by atoms with E-state index in [0.29, 0.717) is 11.1 Å². The summed E-state index contributed by atoms with van der Waals surface area (Å²) in [6.45, 7) is 5.57. The molecule has 1 N–H and O–H groups in total. The Kier molecular flexibility index (Phi) is 4.86. The molecule has 0 heterocycles. The van der Waals surface area contributed by atoms with Gasteiger partial charge in [0.2, 0.25) is 0 Å². The van der Waals surface area contributed by atoms with E-state index in [2.05, 4.69) is 19.2 Å². The SMILES string of the molecule is CCCNC1CCC(C)(Cc2cccc(F)c2Cl)C1. The average molecular weight is 284 g/mol. The first kappa shape index (κ1) is 14.8. The van der Waals surface area contributed by atoms with Gasteiger partial charge in [-0.1, -0.05) is 37.6 Å². The van der Waals surface area contributed by atoms with Crippen molar-refractivity contribution in [2.45, 2.75) is 52.0 Å². The summed E-state index contributed by atoms with van der Waals surface area (Å²) in [5.41, 5.74) is 1.18. The minimum atomic E-state index is -0.304. The Morgan fingerprint density at radius 3 is 3.00 bits per heavy atom. The molecule has 106 valence electrons. The zero-order chi connectivity index (χ0) is 13.9. The lowest BCUT2D eigenvalue weighted by molar-refractivity contribution is 0.321. The summed E-state index contributed by atoms with van der Waals surface area (Å²) in [5, 5.41) is 3.89. The van der Waals surface area contributed by atoms with Crippen LogP contribution in [0.25, 0.3) is 0 Å². The molecular formula is C16H23ClFN. The Bertz CT molecular complexity index is 435. The Labute approximate surface area is 120 Å². The first-order chi connectivity index (χ1) is 9.04. The highest BCUT2D eigenvalue weighted by Crippen LogP contribution is 2.41. The molecular weight excluding hydrogens is 261 g/mol. The topological polar surface area (TPSA) is 12.0 Å². The van der Waals surface area contributed by atoms with Crippen molar-refractivity contribution >= 4 is 11.6 Å². The van der Waals surface area contributed by atoms with E-state index in [4.69, 9.17) is 11.6 Å². The largest absolute Gasteiger partial charge is 0.314 e. The van der Waals surface area contributed by atoms with Crippen LogP contribution in [0.15, 0.2) is 18.2 Å². The quantitative estimate of drug-likeness (QED) is 0.834. The fourth-order valence-corrected chi connectivity index (χ4v) is 3.34. The monoisotopic (exact) mass is 283 g/mol. The predicted molar refractivity (Wildman–Crippen MR) is 79.2 cm³/mol. The molecule has 2 rings (SSSR count). The van der Waals surface area contributed by atoms with Gasteiger partial charge in [0.25, 0.3) is 0 Å². The van der Waals surface area contributed by atoms with Gasteiger partial charge in [-0.15, -0.1) is 0 Å². The maximum atomic E-state index is 13.5. The molecule has 1 aliphatic carbocycles. The van der Waals surface area contributed by atoms with Gasteiger partial charge in [0.15, 0.2) is 0 Å². The molecule has 0 aromatic heterocycles. The van der Waals surface area contributed by atoms with Gasteiger partial charge in [0.05, 0.1) is 5.02 Å². The first-order valence-electron chi connectivity index (χ1n) is 7.20. The van der Waals surface area contributed by atoms with Gasteiger partial charge in [-0.3, -0.25) is 0 Å². The van der Waals surface area contributed by atoms with E-state index in [1.807, 2.05) is 6.07 Å². The summed E-state index contributed by atoms with van der Waals surface area (Å²) in [5.74, 6) is -0.304. The normalized spacial score (nSPS) is 26.8. The van der Waals surface area contributed by atoms with Crippen LogP contribution in [-0.2, 0) is 6.42 Å². The third-order valence-electron chi connectivity index (χ3n) is 4.17. The van der Waals surface area contributed by atoms with E-state index in [1.54, 1.807) is 6.07 Å². The van der Waals surface area contributed by atoms with Crippen LogP contribution in [0.5, 0.6) is 0 Å². The second-order valence-corrected chi connectivity index (χ2v) is 6.47. The van der Waals surface area contributed by atoms with Crippen molar-refractivity contribution in [1.82, 2.24) is 5.32 Å². The molecule has 0 aliphatic heterocycles. The molecule has 1 fully saturated rings. The number of hydrogen-bond donors (Lipinski definition) is 1. The van der Waals surface area contributed by atoms with Crippen LogP contribution < -0.4 is 5.32 Å². The molecule has 3 heteroatoms. The highest BCUT2D eigenvalue weighted by Gasteiger charge is 2.35. The Morgan fingerprint density at radius 2 is 2.26 bits per heavy atom. The van der Waals surface area contributed by atoms with Crippen LogP contribution in [0.3, 0.4) is 0 Å². The van der Waals surface area contributed by atoms with Gasteiger partial charge in [-0.2, -0.15) is 0 Å². The Morgan fingerprint density at radius 1 is 1.47 bits per heavy atom. The summed E-state index contributed by atoms with van der Waals surface area (Å²) >= 11 is 6.06. The molecule has 0 bridgehead atoms. The van der Waals surface area contributed by atoms with Crippen molar-refractivity contribution in [1.29, 1.82) is 0 Å². The molecule has 0 spiro atoms. The van der Waals surface area contributed by atoms with Crippen LogP contribution in [0.4, 0.5) is 4.39 Å². The van der Waals surface area contributed by atoms with Crippen molar-refractivity contribution in [2.24, 2.45) is 5.41 Å². The zero-order valence-electron chi connectivity index (χ0n) is 11.8. The maximum Gasteiger partial charge on any atom is 0.142 e. The van der Waals surface area contributed by atoms with E-state index in [-0.39, 0.29) is 11.2 Å². The number of rotatable bonds is 5. The minimum absolute atomic E-state index is 0.239. The highest BCUT2D eigenvalue weighted by atomic mass is 35.5. The van der Waals surface area contributed by atoms with Crippen LogP contribution >= 0.6 is 11.6 Å². The molecule has 1 aromatic rings. The zero-order valence-corrected chi connectivity index (χ0v) is 12.6. The molecule has 0 saturated heterocycles. The van der Waals surface area contributed by atoms with Crippen molar-refractivity contribution in [3.63, 3.8) is 0 Å². The standard InChI is InChI=1S/C16H23ClFN/c1-3-9-19-13-7-8-16(2,11-13)10-12-5-4-6-14(18)15(12)17/h4-6,13,19H,3,7-11H2,1-2H3. The number of hydrogen-bond acceptors (Lipinski definition) is 1. The molecule has 19 heavy (non-hydrogen) atoms. The van der Waals surface area contributed by atoms with Crippen molar-refractivity contribution in [3.8, 4) is 0 Å². The van der Waals surface area contributed by atoms with E-state index >= 15 is 0 Å². The summed E-state index contributed by atoms with van der Waals surface area (Å²) in [7, 11) is 0. The van der Waals surface area contributed by atoms with E-state index in [0.717, 1.165) is 24.9 Å². The van der Waals surface area contributed by atoms with Crippen molar-refractivity contribution in [2.75, 3.05) is 6.54 Å². The van der Waals surface area contributed by atoms with Gasteiger partial charge in [-0.25, -0.2) is 4.39 Å². The van der Waals surface area contributed by atoms with Gasteiger partial charge >= 0.3 is 0 Å². The van der Waals surface area contributed by atoms with Crippen molar-refractivity contribution < 1.29 is 4.39 Å². The fourth-order valence-electron chi connectivity index (χ4n) is 3.15. The number of benzene rings is 1. The summed E-state index contributed by atoms with van der Waals surface area (Å²) < 4.78 is 13.5. The van der Waals surface area contributed by atoms with Crippen LogP contribution in [-0.4, -0.2) is 12.6 Å². The lowest BCUT2D eigenvalue weighted by Gasteiger charge is -2.25. The molecule has 1 saturated carbocycles. The first-order valence-corrected chi connectivity index (χ1v) is 7.58. The summed E-state index contributed by atoms with van der Waals surface area (Å²) in [4.78, 5) is 0. The van der Waals surface area contributed by atoms with Crippen LogP contribution in [0, 0.1) is 11.2 Å². The van der Waals surface area contributed by atoms with E-state index in [9.17, 15) is 4.39 Å². The smallest absolute Gasteiger partial charge is 0.142 e. The lowest BCUT2D eigenvalue weighted by Crippen LogP contribution is -2.29. The molecule has 0 radical (unpaired) electrons. The molecule has 2 atom stereocenters. The maximum absolute atomic E-state index is 13.5. The predicted octanol–water partition coefficient (Wildman–Crippen LogP) is 4.58. The second-order valence-electron chi connectivity index (χ2n) is 6.09. The molecule has 1 nitrogen and oxygen atoms in total. The van der Waals surface area contributed by atoms with Crippen LogP contribution in [0.1, 0.15) is 45.1 Å². The van der Waals surface area contributed by atoms with E-state index < -0.39 is 0 Å². The van der Waals surface area contributed by atoms with Gasteiger partial charge in [0, 0.05) is 6.04 Å². The average Bonchev–Trinajstić information content (AvgIpc) is 2.74. The fraction of sp³-hybridized carbons (Fsp3) is 0.625.